The molecule has 0 saturated carbocycles. The third-order valence-corrected chi connectivity index (χ3v) is 2.86. The second-order valence-electron chi connectivity index (χ2n) is 3.90. The standard InChI is InChI=1S/C11H15N3O/c1-3-7(2)9-11(15)14-10-8(13-9)5-4-6-12-10/h4-7,9,13H,3H2,1-2H3,(H,12,14,15)/t7-,9?/m0/s1. The molecule has 15 heavy (non-hydrogen) atoms. The Kier molecular flexibility index (Phi) is 2.58. The van der Waals surface area contributed by atoms with Crippen molar-refractivity contribution in [3.05, 3.63) is 18.3 Å². The zero-order chi connectivity index (χ0) is 10.8. The van der Waals surface area contributed by atoms with Gasteiger partial charge in [-0.3, -0.25) is 4.79 Å². The molecule has 4 heteroatoms. The zero-order valence-electron chi connectivity index (χ0n) is 8.95. The maximum Gasteiger partial charge on any atom is 0.248 e. The number of hydrogen-bond acceptors (Lipinski definition) is 3. The van der Waals surface area contributed by atoms with Crippen LogP contribution in [0, 0.1) is 5.92 Å². The molecular weight excluding hydrogens is 190 g/mol. The van der Waals surface area contributed by atoms with Gasteiger partial charge in [0.25, 0.3) is 0 Å². The van der Waals surface area contributed by atoms with Crippen molar-refractivity contribution in [3.63, 3.8) is 0 Å². The van der Waals surface area contributed by atoms with Crippen LogP contribution in [0.5, 0.6) is 0 Å². The van der Waals surface area contributed by atoms with E-state index in [0.29, 0.717) is 11.7 Å². The summed E-state index contributed by atoms with van der Waals surface area (Å²) >= 11 is 0. The first-order valence-corrected chi connectivity index (χ1v) is 5.24. The summed E-state index contributed by atoms with van der Waals surface area (Å²) < 4.78 is 0. The molecule has 0 aliphatic carbocycles. The van der Waals surface area contributed by atoms with E-state index in [1.165, 1.54) is 0 Å². The van der Waals surface area contributed by atoms with Crippen LogP contribution in [0.4, 0.5) is 11.5 Å². The maximum absolute atomic E-state index is 11.7. The number of amides is 1. The Morgan fingerprint density at radius 1 is 1.60 bits per heavy atom. The van der Waals surface area contributed by atoms with Crippen molar-refractivity contribution in [1.82, 2.24) is 4.98 Å². The zero-order valence-corrected chi connectivity index (χ0v) is 8.95. The number of hydrogen-bond donors (Lipinski definition) is 2. The van der Waals surface area contributed by atoms with E-state index in [0.717, 1.165) is 12.1 Å². The summed E-state index contributed by atoms with van der Waals surface area (Å²) in [5.41, 5.74) is 0.905. The van der Waals surface area contributed by atoms with E-state index in [1.807, 2.05) is 12.1 Å². The van der Waals surface area contributed by atoms with Crippen molar-refractivity contribution in [1.29, 1.82) is 0 Å². The number of pyridine rings is 1. The quantitative estimate of drug-likeness (QED) is 0.774. The van der Waals surface area contributed by atoms with Gasteiger partial charge in [-0.15, -0.1) is 0 Å². The molecule has 1 aromatic heterocycles. The Balaban J connectivity index is 2.26. The lowest BCUT2D eigenvalue weighted by Gasteiger charge is -2.29. The molecule has 2 rings (SSSR count). The van der Waals surface area contributed by atoms with Crippen LogP contribution in [0.2, 0.25) is 0 Å². The molecule has 0 spiro atoms. The van der Waals surface area contributed by atoms with Gasteiger partial charge in [0.15, 0.2) is 5.82 Å². The molecule has 0 fully saturated rings. The molecule has 0 radical (unpaired) electrons. The third kappa shape index (κ3) is 1.79. The Labute approximate surface area is 89.1 Å². The summed E-state index contributed by atoms with van der Waals surface area (Å²) in [6, 6.07) is 3.64. The van der Waals surface area contributed by atoms with E-state index in [1.54, 1.807) is 6.20 Å². The summed E-state index contributed by atoms with van der Waals surface area (Å²) in [4.78, 5) is 15.8. The number of anilines is 2. The van der Waals surface area contributed by atoms with Crippen molar-refractivity contribution >= 4 is 17.4 Å². The Bertz CT molecular complexity index is 378. The molecule has 1 amide bonds. The highest BCUT2D eigenvalue weighted by molar-refractivity contribution is 6.01. The lowest BCUT2D eigenvalue weighted by atomic mass is 9.97. The smallest absolute Gasteiger partial charge is 0.248 e. The normalized spacial score (nSPS) is 21.2. The lowest BCUT2D eigenvalue weighted by Crippen LogP contribution is -2.43. The number of carbonyl (C=O) groups is 1. The number of carbonyl (C=O) groups excluding carboxylic acids is 1. The second-order valence-corrected chi connectivity index (χ2v) is 3.90. The van der Waals surface area contributed by atoms with Crippen LogP contribution in [0.1, 0.15) is 20.3 Å². The number of fused-ring (bicyclic) bond motifs is 1. The van der Waals surface area contributed by atoms with Crippen LogP contribution in [0.25, 0.3) is 0 Å². The summed E-state index contributed by atoms with van der Waals surface area (Å²) in [6.07, 6.45) is 2.64. The van der Waals surface area contributed by atoms with Gasteiger partial charge >= 0.3 is 0 Å². The molecule has 2 heterocycles. The minimum absolute atomic E-state index is 0.00977. The highest BCUT2D eigenvalue weighted by Gasteiger charge is 2.29. The fourth-order valence-corrected chi connectivity index (χ4v) is 1.69. The molecule has 2 N–H and O–H groups in total. The van der Waals surface area contributed by atoms with Gasteiger partial charge in [-0.05, 0) is 18.1 Å². The Morgan fingerprint density at radius 2 is 2.40 bits per heavy atom. The van der Waals surface area contributed by atoms with Crippen LogP contribution < -0.4 is 10.6 Å². The highest BCUT2D eigenvalue weighted by Crippen LogP contribution is 2.26. The van der Waals surface area contributed by atoms with Crippen molar-refractivity contribution < 1.29 is 4.79 Å². The van der Waals surface area contributed by atoms with Crippen LogP contribution in [0.3, 0.4) is 0 Å². The first-order valence-electron chi connectivity index (χ1n) is 5.24. The van der Waals surface area contributed by atoms with Crippen LogP contribution in [-0.2, 0) is 4.79 Å². The molecule has 1 aromatic rings. The molecule has 80 valence electrons. The fraction of sp³-hybridized carbons (Fsp3) is 0.455. The first-order chi connectivity index (χ1) is 7.22. The van der Waals surface area contributed by atoms with Gasteiger partial charge < -0.3 is 10.6 Å². The van der Waals surface area contributed by atoms with Crippen molar-refractivity contribution in [3.8, 4) is 0 Å². The molecule has 1 unspecified atom stereocenters. The second kappa shape index (κ2) is 3.88. The SMILES string of the molecule is CC[C@H](C)C1Nc2cccnc2NC1=O. The van der Waals surface area contributed by atoms with Gasteiger partial charge in [0.2, 0.25) is 5.91 Å². The van der Waals surface area contributed by atoms with E-state index < -0.39 is 0 Å². The van der Waals surface area contributed by atoms with E-state index >= 15 is 0 Å². The summed E-state index contributed by atoms with van der Waals surface area (Å²) in [5.74, 6) is 0.955. The molecule has 0 aromatic carbocycles. The molecular formula is C11H15N3O. The molecule has 0 bridgehead atoms. The molecule has 2 atom stereocenters. The summed E-state index contributed by atoms with van der Waals surface area (Å²) in [6.45, 7) is 4.15. The van der Waals surface area contributed by atoms with Gasteiger partial charge in [0, 0.05) is 6.20 Å². The van der Waals surface area contributed by atoms with Crippen molar-refractivity contribution in [2.24, 2.45) is 5.92 Å². The van der Waals surface area contributed by atoms with Crippen LogP contribution in [0.15, 0.2) is 18.3 Å². The van der Waals surface area contributed by atoms with E-state index in [9.17, 15) is 4.79 Å². The monoisotopic (exact) mass is 205 g/mol. The summed E-state index contributed by atoms with van der Waals surface area (Å²) in [7, 11) is 0. The Hall–Kier alpha value is -1.58. The van der Waals surface area contributed by atoms with Crippen molar-refractivity contribution in [2.45, 2.75) is 26.3 Å². The summed E-state index contributed by atoms with van der Waals surface area (Å²) in [5, 5.41) is 6.04. The van der Waals surface area contributed by atoms with Gasteiger partial charge in [0.1, 0.15) is 6.04 Å². The number of nitrogens with zero attached hydrogens (tertiary/aromatic N) is 1. The average Bonchev–Trinajstić information content (AvgIpc) is 2.27. The fourth-order valence-electron chi connectivity index (χ4n) is 1.69. The lowest BCUT2D eigenvalue weighted by molar-refractivity contribution is -0.118. The molecule has 0 saturated heterocycles. The average molecular weight is 205 g/mol. The van der Waals surface area contributed by atoms with Gasteiger partial charge in [-0.1, -0.05) is 20.3 Å². The highest BCUT2D eigenvalue weighted by atomic mass is 16.2. The predicted octanol–water partition coefficient (Wildman–Crippen LogP) is 1.86. The maximum atomic E-state index is 11.7. The first kappa shape index (κ1) is 9.96. The van der Waals surface area contributed by atoms with Gasteiger partial charge in [-0.2, -0.15) is 0 Å². The van der Waals surface area contributed by atoms with E-state index in [2.05, 4.69) is 29.5 Å². The minimum Gasteiger partial charge on any atom is -0.370 e. The number of nitrogens with one attached hydrogen (secondary N) is 2. The number of rotatable bonds is 2. The molecule has 1 aliphatic heterocycles. The third-order valence-electron chi connectivity index (χ3n) is 2.86. The van der Waals surface area contributed by atoms with Gasteiger partial charge in [0.05, 0.1) is 5.69 Å². The molecule has 4 nitrogen and oxygen atoms in total. The van der Waals surface area contributed by atoms with Crippen LogP contribution in [-0.4, -0.2) is 16.9 Å². The molecule has 1 aliphatic rings. The van der Waals surface area contributed by atoms with E-state index in [4.69, 9.17) is 0 Å². The number of aromatic nitrogens is 1. The topological polar surface area (TPSA) is 54.0 Å². The Morgan fingerprint density at radius 3 is 3.13 bits per heavy atom. The minimum atomic E-state index is -0.147. The predicted molar refractivity (Wildman–Crippen MR) is 59.7 cm³/mol. The van der Waals surface area contributed by atoms with Crippen LogP contribution >= 0.6 is 0 Å². The van der Waals surface area contributed by atoms with Crippen molar-refractivity contribution in [2.75, 3.05) is 10.6 Å². The largest absolute Gasteiger partial charge is 0.370 e. The van der Waals surface area contributed by atoms with Gasteiger partial charge in [-0.25, -0.2) is 4.98 Å². The van der Waals surface area contributed by atoms with E-state index in [-0.39, 0.29) is 11.9 Å².